The van der Waals surface area contributed by atoms with Crippen molar-refractivity contribution in [3.8, 4) is 5.75 Å². The lowest BCUT2D eigenvalue weighted by Gasteiger charge is -2.35. The van der Waals surface area contributed by atoms with Crippen molar-refractivity contribution in [1.29, 1.82) is 0 Å². The van der Waals surface area contributed by atoms with Gasteiger partial charge in [0.15, 0.2) is 0 Å². The quantitative estimate of drug-likeness (QED) is 0.170. The Labute approximate surface area is 233 Å². The normalized spacial score (nSPS) is 20.6. The molecule has 1 aromatic carbocycles. The van der Waals surface area contributed by atoms with E-state index < -0.39 is 27.8 Å². The van der Waals surface area contributed by atoms with Crippen LogP contribution < -0.4 is 4.74 Å². The van der Waals surface area contributed by atoms with Gasteiger partial charge in [0.1, 0.15) is 29.9 Å². The monoisotopic (exact) mass is 580 g/mol. The van der Waals surface area contributed by atoms with Crippen LogP contribution in [0.3, 0.4) is 0 Å². The third-order valence-corrected chi connectivity index (χ3v) is 7.39. The number of hydrogen-bond acceptors (Lipinski definition) is 8. The minimum absolute atomic E-state index is 0.0302. The molecule has 2 heterocycles. The first-order chi connectivity index (χ1) is 18.5. The van der Waals surface area contributed by atoms with E-state index in [0.717, 1.165) is 12.8 Å². The number of rotatable bonds is 12. The molecule has 2 aliphatic rings. The molecule has 1 aromatic rings. The molecule has 0 bridgehead atoms. The fraction of sp³-hybridized carbons (Fsp3) is 0.444. The number of halogens is 1. The molecule has 39 heavy (non-hydrogen) atoms. The Balaban J connectivity index is 1.76. The third-order valence-electron chi connectivity index (χ3n) is 6.40. The highest BCUT2D eigenvalue weighted by molar-refractivity contribution is 7.85. The molecule has 1 fully saturated rings. The lowest BCUT2D eigenvalue weighted by Crippen LogP contribution is -2.43. The van der Waals surface area contributed by atoms with Gasteiger partial charge in [-0.15, -0.1) is 0 Å². The summed E-state index contributed by atoms with van der Waals surface area (Å²) >= 11 is 5.98. The van der Waals surface area contributed by atoms with Crippen LogP contribution in [-0.2, 0) is 35.8 Å². The van der Waals surface area contributed by atoms with Gasteiger partial charge in [0.25, 0.3) is 10.1 Å². The van der Waals surface area contributed by atoms with Gasteiger partial charge in [0, 0.05) is 30.9 Å². The van der Waals surface area contributed by atoms with Crippen molar-refractivity contribution >= 4 is 39.8 Å². The van der Waals surface area contributed by atoms with E-state index in [2.05, 4.69) is 11.6 Å². The number of hydrogen-bond donors (Lipinski definition) is 1. The molecule has 0 saturated carbocycles. The van der Waals surface area contributed by atoms with Gasteiger partial charge in [-0.05, 0) is 50.0 Å². The first kappa shape index (κ1) is 30.6. The van der Waals surface area contributed by atoms with Crippen molar-refractivity contribution in [2.75, 3.05) is 25.5 Å². The predicted molar refractivity (Wildman–Crippen MR) is 147 cm³/mol. The fourth-order valence-corrected chi connectivity index (χ4v) is 4.63. The molecular formula is C27H33ClN2O8S. The summed E-state index contributed by atoms with van der Waals surface area (Å²) < 4.78 is 47.1. The molecule has 0 spiro atoms. The minimum atomic E-state index is -4.11. The maximum absolute atomic E-state index is 13.4. The van der Waals surface area contributed by atoms with Gasteiger partial charge in [0.2, 0.25) is 5.91 Å². The number of allylic oxidation sites excluding steroid dienone is 3. The fourth-order valence-electron chi connectivity index (χ4n) is 4.29. The SMILES string of the molecule is C=C(C=N/C(Cl)=C\C)[C@@H]1CC(=O)N(C[C@H]2CCCO2)C(C)=C1C(=O)OCc1ccc(OCCS(=O)(=O)O)cc1. The Morgan fingerprint density at radius 2 is 2.05 bits per heavy atom. The largest absolute Gasteiger partial charge is 0.492 e. The molecular weight excluding hydrogens is 548 g/mol. The van der Waals surface area contributed by atoms with Crippen LogP contribution in [0, 0.1) is 5.92 Å². The van der Waals surface area contributed by atoms with E-state index in [1.807, 2.05) is 0 Å². The predicted octanol–water partition coefficient (Wildman–Crippen LogP) is 4.03. The van der Waals surface area contributed by atoms with E-state index >= 15 is 0 Å². The molecule has 12 heteroatoms. The van der Waals surface area contributed by atoms with Crippen LogP contribution in [-0.4, -0.2) is 67.6 Å². The smallest absolute Gasteiger partial charge is 0.336 e. The van der Waals surface area contributed by atoms with Gasteiger partial charge in [-0.2, -0.15) is 8.42 Å². The molecule has 1 amide bonds. The van der Waals surface area contributed by atoms with Gasteiger partial charge in [0.05, 0.1) is 18.2 Å². The van der Waals surface area contributed by atoms with Crippen molar-refractivity contribution in [2.45, 2.75) is 45.8 Å². The van der Waals surface area contributed by atoms with Crippen molar-refractivity contribution in [3.63, 3.8) is 0 Å². The number of esters is 1. The first-order valence-corrected chi connectivity index (χ1v) is 14.5. The molecule has 0 aliphatic carbocycles. The van der Waals surface area contributed by atoms with E-state index in [-0.39, 0.29) is 36.8 Å². The average molecular weight is 581 g/mol. The van der Waals surface area contributed by atoms with Crippen LogP contribution in [0.4, 0.5) is 0 Å². The number of carbonyl (C=O) groups is 2. The molecule has 10 nitrogen and oxygen atoms in total. The zero-order chi connectivity index (χ0) is 28.6. The topological polar surface area (TPSA) is 132 Å². The molecule has 2 aliphatic heterocycles. The number of ether oxygens (including phenoxy) is 3. The maximum atomic E-state index is 13.4. The lowest BCUT2D eigenvalue weighted by atomic mass is 9.84. The van der Waals surface area contributed by atoms with Crippen LogP contribution >= 0.6 is 11.6 Å². The number of amides is 1. The number of aliphatic imine (C=N–C) groups is 1. The highest BCUT2D eigenvalue weighted by Crippen LogP contribution is 2.34. The van der Waals surface area contributed by atoms with Gasteiger partial charge < -0.3 is 19.1 Å². The molecule has 2 atom stereocenters. The Morgan fingerprint density at radius 1 is 1.33 bits per heavy atom. The summed E-state index contributed by atoms with van der Waals surface area (Å²) in [5.41, 5.74) is 1.94. The van der Waals surface area contributed by atoms with Crippen molar-refractivity contribution in [3.05, 3.63) is 64.5 Å². The zero-order valence-corrected chi connectivity index (χ0v) is 23.5. The Kier molecular flexibility index (Phi) is 10.9. The second kappa shape index (κ2) is 13.9. The van der Waals surface area contributed by atoms with E-state index in [4.69, 9.17) is 30.4 Å². The highest BCUT2D eigenvalue weighted by Gasteiger charge is 2.38. The standard InChI is InChI=1S/C27H33ClN2O8S/c1-4-24(28)29-15-18(2)23-14-25(31)30(16-22-6-5-11-36-22)19(3)26(23)27(32)38-17-20-7-9-21(10-8-20)37-12-13-39(33,34)35/h4,7-10,15,22-23H,2,5-6,11-14,16-17H2,1,3H3,(H,33,34,35)/b24-4-,29-15?/t22-,23+/m1/s1. The van der Waals surface area contributed by atoms with Crippen LogP contribution in [0.25, 0.3) is 0 Å². The molecule has 1 saturated heterocycles. The van der Waals surface area contributed by atoms with Gasteiger partial charge >= 0.3 is 5.97 Å². The summed E-state index contributed by atoms with van der Waals surface area (Å²) in [5, 5.41) is 0.258. The van der Waals surface area contributed by atoms with Gasteiger partial charge in [-0.25, -0.2) is 9.79 Å². The second-order valence-electron chi connectivity index (χ2n) is 9.19. The highest BCUT2D eigenvalue weighted by atomic mass is 35.5. The maximum Gasteiger partial charge on any atom is 0.336 e. The van der Waals surface area contributed by atoms with Crippen molar-refractivity contribution < 1.29 is 36.8 Å². The summed E-state index contributed by atoms with van der Waals surface area (Å²) in [6.07, 6.45) is 4.78. The molecule has 0 aromatic heterocycles. The van der Waals surface area contributed by atoms with E-state index in [9.17, 15) is 18.0 Å². The summed E-state index contributed by atoms with van der Waals surface area (Å²) in [5.74, 6) is -1.47. The summed E-state index contributed by atoms with van der Waals surface area (Å²) in [6, 6.07) is 6.56. The number of nitrogens with zero attached hydrogens (tertiary/aromatic N) is 2. The Hall–Kier alpha value is -2.99. The molecule has 0 unspecified atom stereocenters. The molecule has 3 rings (SSSR count). The summed E-state index contributed by atoms with van der Waals surface area (Å²) in [7, 11) is -4.11. The van der Waals surface area contributed by atoms with Crippen molar-refractivity contribution in [2.24, 2.45) is 10.9 Å². The van der Waals surface area contributed by atoms with Crippen LogP contribution in [0.5, 0.6) is 5.75 Å². The Bertz CT molecular complexity index is 1260. The molecule has 1 N–H and O–H groups in total. The van der Waals surface area contributed by atoms with Crippen LogP contribution in [0.1, 0.15) is 38.7 Å². The van der Waals surface area contributed by atoms with E-state index in [1.165, 1.54) is 6.21 Å². The Morgan fingerprint density at radius 3 is 2.67 bits per heavy atom. The van der Waals surface area contributed by atoms with Crippen LogP contribution in [0.15, 0.2) is 63.9 Å². The van der Waals surface area contributed by atoms with Crippen molar-refractivity contribution in [1.82, 2.24) is 4.90 Å². The van der Waals surface area contributed by atoms with Gasteiger partial charge in [-0.1, -0.05) is 36.4 Å². The van der Waals surface area contributed by atoms with Gasteiger partial charge in [-0.3, -0.25) is 9.35 Å². The number of carbonyl (C=O) groups excluding carboxylic acids is 2. The van der Waals surface area contributed by atoms with E-state index in [0.29, 0.717) is 41.3 Å². The molecule has 0 radical (unpaired) electrons. The average Bonchev–Trinajstić information content (AvgIpc) is 3.41. The second-order valence-corrected chi connectivity index (χ2v) is 11.2. The lowest BCUT2D eigenvalue weighted by molar-refractivity contribution is -0.142. The summed E-state index contributed by atoms with van der Waals surface area (Å²) in [4.78, 5) is 32.2. The number of benzene rings is 1. The summed E-state index contributed by atoms with van der Waals surface area (Å²) in [6.45, 7) is 8.27. The molecule has 212 valence electrons. The van der Waals surface area contributed by atoms with E-state index in [1.54, 1.807) is 49.1 Å². The minimum Gasteiger partial charge on any atom is -0.492 e. The zero-order valence-electron chi connectivity index (χ0n) is 22.0. The third kappa shape index (κ3) is 9.03. The van der Waals surface area contributed by atoms with Crippen LogP contribution in [0.2, 0.25) is 0 Å². The first-order valence-electron chi connectivity index (χ1n) is 12.5.